The number of hydrogen-bond donors (Lipinski definition) is 1. The molecule has 5 heteroatoms. The molecule has 1 N–H and O–H groups in total. The molecule has 2 aromatic heterocycles. The van der Waals surface area contributed by atoms with Crippen molar-refractivity contribution in [3.05, 3.63) is 60.4 Å². The van der Waals surface area contributed by atoms with Crippen molar-refractivity contribution in [2.45, 2.75) is 0 Å². The lowest BCUT2D eigenvalue weighted by molar-refractivity contribution is 0.509. The van der Waals surface area contributed by atoms with Gasteiger partial charge in [0.15, 0.2) is 11.6 Å². The molecule has 0 saturated heterocycles. The van der Waals surface area contributed by atoms with Crippen LogP contribution in [0.3, 0.4) is 0 Å². The van der Waals surface area contributed by atoms with E-state index in [1.807, 2.05) is 12.1 Å². The van der Waals surface area contributed by atoms with Gasteiger partial charge in [-0.15, -0.1) is 0 Å². The molecule has 0 fully saturated rings. The molecule has 19 heavy (non-hydrogen) atoms. The van der Waals surface area contributed by atoms with Gasteiger partial charge >= 0.3 is 0 Å². The van der Waals surface area contributed by atoms with E-state index < -0.39 is 11.6 Å². The van der Waals surface area contributed by atoms with Crippen molar-refractivity contribution in [2.75, 3.05) is 0 Å². The van der Waals surface area contributed by atoms with Crippen molar-refractivity contribution in [3.63, 3.8) is 0 Å². The van der Waals surface area contributed by atoms with Gasteiger partial charge in [-0.3, -0.25) is 10.1 Å². The summed E-state index contributed by atoms with van der Waals surface area (Å²) in [7, 11) is 0. The maximum atomic E-state index is 13.3. The Kier molecular flexibility index (Phi) is 2.79. The van der Waals surface area contributed by atoms with Crippen molar-refractivity contribution in [2.24, 2.45) is 0 Å². The lowest BCUT2D eigenvalue weighted by atomic mass is 10.1. The van der Waals surface area contributed by atoms with Crippen LogP contribution in [0.4, 0.5) is 8.78 Å². The van der Waals surface area contributed by atoms with Crippen molar-refractivity contribution in [1.29, 1.82) is 0 Å². The minimum Gasteiger partial charge on any atom is -0.277 e. The van der Waals surface area contributed by atoms with Crippen LogP contribution in [-0.2, 0) is 0 Å². The zero-order valence-electron chi connectivity index (χ0n) is 9.77. The molecule has 2 heterocycles. The SMILES string of the molecule is Fc1ccc(-c2[nH]ncc2-c2ccccn2)cc1F. The van der Waals surface area contributed by atoms with Crippen LogP contribution in [0.1, 0.15) is 0 Å². The summed E-state index contributed by atoms with van der Waals surface area (Å²) in [5.74, 6) is -1.76. The van der Waals surface area contributed by atoms with Crippen LogP contribution >= 0.6 is 0 Å². The van der Waals surface area contributed by atoms with Gasteiger partial charge in [0.05, 0.1) is 17.6 Å². The van der Waals surface area contributed by atoms with Gasteiger partial charge < -0.3 is 0 Å². The molecule has 0 saturated carbocycles. The lowest BCUT2D eigenvalue weighted by Gasteiger charge is -2.03. The summed E-state index contributed by atoms with van der Waals surface area (Å²) in [6, 6.07) is 9.21. The van der Waals surface area contributed by atoms with Gasteiger partial charge in [-0.05, 0) is 30.3 Å². The first-order valence-corrected chi connectivity index (χ1v) is 5.66. The fourth-order valence-corrected chi connectivity index (χ4v) is 1.87. The second kappa shape index (κ2) is 4.61. The minimum atomic E-state index is -0.890. The predicted molar refractivity (Wildman–Crippen MR) is 67.2 cm³/mol. The molecular weight excluding hydrogens is 248 g/mol. The highest BCUT2D eigenvalue weighted by atomic mass is 19.2. The first kappa shape index (κ1) is 11.5. The maximum Gasteiger partial charge on any atom is 0.159 e. The van der Waals surface area contributed by atoms with Gasteiger partial charge in [0.2, 0.25) is 0 Å². The number of nitrogens with one attached hydrogen (secondary N) is 1. The summed E-state index contributed by atoms with van der Waals surface area (Å²) in [5.41, 5.74) is 2.59. The summed E-state index contributed by atoms with van der Waals surface area (Å²) in [6.45, 7) is 0. The Balaban J connectivity index is 2.12. The Morgan fingerprint density at radius 3 is 2.63 bits per heavy atom. The number of aromatic nitrogens is 3. The summed E-state index contributed by atoms with van der Waals surface area (Å²) < 4.78 is 26.2. The topological polar surface area (TPSA) is 41.6 Å². The molecule has 0 aliphatic heterocycles. The first-order chi connectivity index (χ1) is 9.25. The highest BCUT2D eigenvalue weighted by molar-refractivity contribution is 5.78. The number of rotatable bonds is 2. The smallest absolute Gasteiger partial charge is 0.159 e. The number of benzene rings is 1. The number of halogens is 2. The average molecular weight is 257 g/mol. The standard InChI is InChI=1S/C14H9F2N3/c15-11-5-4-9(7-12(11)16)14-10(8-18-19-14)13-3-1-2-6-17-13/h1-8H,(H,18,19). The Morgan fingerprint density at radius 1 is 1.00 bits per heavy atom. The van der Waals surface area contributed by atoms with Crippen molar-refractivity contribution in [3.8, 4) is 22.5 Å². The number of aromatic amines is 1. The van der Waals surface area contributed by atoms with Crippen LogP contribution in [0.2, 0.25) is 0 Å². The third kappa shape index (κ3) is 2.10. The summed E-state index contributed by atoms with van der Waals surface area (Å²) in [4.78, 5) is 4.22. The summed E-state index contributed by atoms with van der Waals surface area (Å²) >= 11 is 0. The Morgan fingerprint density at radius 2 is 1.89 bits per heavy atom. The highest BCUT2D eigenvalue weighted by Crippen LogP contribution is 2.29. The summed E-state index contributed by atoms with van der Waals surface area (Å²) in [5, 5.41) is 6.73. The minimum absolute atomic E-state index is 0.525. The molecule has 0 atom stereocenters. The van der Waals surface area contributed by atoms with Crippen LogP contribution in [0.25, 0.3) is 22.5 Å². The molecule has 3 nitrogen and oxygen atoms in total. The Labute approximate surface area is 107 Å². The van der Waals surface area contributed by atoms with E-state index in [0.29, 0.717) is 11.3 Å². The van der Waals surface area contributed by atoms with Crippen molar-refractivity contribution >= 4 is 0 Å². The monoisotopic (exact) mass is 257 g/mol. The van der Waals surface area contributed by atoms with E-state index in [1.165, 1.54) is 6.07 Å². The molecule has 3 aromatic rings. The highest BCUT2D eigenvalue weighted by Gasteiger charge is 2.12. The van der Waals surface area contributed by atoms with Crippen molar-refractivity contribution < 1.29 is 8.78 Å². The molecule has 0 radical (unpaired) electrons. The average Bonchev–Trinajstić information content (AvgIpc) is 2.92. The second-order valence-corrected chi connectivity index (χ2v) is 4.00. The first-order valence-electron chi connectivity index (χ1n) is 5.66. The van der Waals surface area contributed by atoms with Crippen LogP contribution < -0.4 is 0 Å². The van der Waals surface area contributed by atoms with Gasteiger partial charge in [0.1, 0.15) is 0 Å². The van der Waals surface area contributed by atoms with E-state index in [2.05, 4.69) is 15.2 Å². The van der Waals surface area contributed by atoms with Crippen LogP contribution in [-0.4, -0.2) is 15.2 Å². The van der Waals surface area contributed by atoms with E-state index in [9.17, 15) is 8.78 Å². The van der Waals surface area contributed by atoms with Crippen LogP contribution in [0, 0.1) is 11.6 Å². The second-order valence-electron chi connectivity index (χ2n) is 4.00. The lowest BCUT2D eigenvalue weighted by Crippen LogP contribution is -1.88. The largest absolute Gasteiger partial charge is 0.277 e. The maximum absolute atomic E-state index is 13.3. The molecule has 0 aliphatic rings. The van der Waals surface area contributed by atoms with Gasteiger partial charge in [-0.1, -0.05) is 6.07 Å². The third-order valence-electron chi connectivity index (χ3n) is 2.79. The zero-order chi connectivity index (χ0) is 13.2. The molecule has 1 aromatic carbocycles. The number of pyridine rings is 1. The fraction of sp³-hybridized carbons (Fsp3) is 0. The van der Waals surface area contributed by atoms with E-state index in [1.54, 1.807) is 18.5 Å². The van der Waals surface area contributed by atoms with E-state index >= 15 is 0 Å². The molecule has 0 aliphatic carbocycles. The normalized spacial score (nSPS) is 10.6. The van der Waals surface area contributed by atoms with Crippen molar-refractivity contribution in [1.82, 2.24) is 15.2 Å². The van der Waals surface area contributed by atoms with E-state index in [4.69, 9.17) is 0 Å². The molecule has 0 unspecified atom stereocenters. The summed E-state index contributed by atoms with van der Waals surface area (Å²) in [6.07, 6.45) is 3.27. The molecule has 3 rings (SSSR count). The van der Waals surface area contributed by atoms with Gasteiger partial charge in [-0.25, -0.2) is 8.78 Å². The molecular formula is C14H9F2N3. The molecule has 0 spiro atoms. The predicted octanol–water partition coefficient (Wildman–Crippen LogP) is 3.42. The quantitative estimate of drug-likeness (QED) is 0.764. The zero-order valence-corrected chi connectivity index (χ0v) is 9.77. The number of nitrogens with zero attached hydrogens (tertiary/aromatic N) is 2. The number of hydrogen-bond acceptors (Lipinski definition) is 2. The van der Waals surface area contributed by atoms with Gasteiger partial charge in [-0.2, -0.15) is 5.10 Å². The Bertz CT molecular complexity index is 708. The fourth-order valence-electron chi connectivity index (χ4n) is 1.87. The number of H-pyrrole nitrogens is 1. The van der Waals surface area contributed by atoms with Crippen LogP contribution in [0.5, 0.6) is 0 Å². The Hall–Kier alpha value is -2.56. The molecule has 94 valence electrons. The van der Waals surface area contributed by atoms with Gasteiger partial charge in [0, 0.05) is 17.3 Å². The molecule has 0 amide bonds. The van der Waals surface area contributed by atoms with Crippen LogP contribution in [0.15, 0.2) is 48.8 Å². The van der Waals surface area contributed by atoms with E-state index in [-0.39, 0.29) is 0 Å². The molecule has 0 bridgehead atoms. The van der Waals surface area contributed by atoms with E-state index in [0.717, 1.165) is 23.4 Å². The van der Waals surface area contributed by atoms with Gasteiger partial charge in [0.25, 0.3) is 0 Å². The third-order valence-corrected chi connectivity index (χ3v) is 2.79.